The zero-order chi connectivity index (χ0) is 22.7. The van der Waals surface area contributed by atoms with Crippen molar-refractivity contribution in [3.63, 3.8) is 0 Å². The summed E-state index contributed by atoms with van der Waals surface area (Å²) in [6, 6.07) is 13.8. The largest absolute Gasteiger partial charge is 0.497 e. The van der Waals surface area contributed by atoms with Crippen LogP contribution in [0, 0.1) is 13.8 Å². The normalized spacial score (nSPS) is 15.8. The fourth-order valence-electron chi connectivity index (χ4n) is 3.91. The first kappa shape index (κ1) is 22.0. The Hall–Kier alpha value is -3.26. The van der Waals surface area contributed by atoms with E-state index in [4.69, 9.17) is 4.74 Å². The first-order chi connectivity index (χ1) is 15.4. The van der Waals surface area contributed by atoms with Crippen LogP contribution in [0.2, 0.25) is 0 Å². The zero-order valence-corrected chi connectivity index (χ0v) is 19.2. The number of benzene rings is 2. The van der Waals surface area contributed by atoms with Gasteiger partial charge in [-0.05, 0) is 61.2 Å². The van der Waals surface area contributed by atoms with Crippen LogP contribution in [0.25, 0.3) is 0 Å². The van der Waals surface area contributed by atoms with Gasteiger partial charge >= 0.3 is 0 Å². The molecule has 1 saturated heterocycles. The van der Waals surface area contributed by atoms with Crippen LogP contribution in [0.5, 0.6) is 5.75 Å². The van der Waals surface area contributed by atoms with Crippen molar-refractivity contribution in [2.45, 2.75) is 39.0 Å². The van der Waals surface area contributed by atoms with Crippen LogP contribution in [0.4, 0.5) is 10.8 Å². The van der Waals surface area contributed by atoms with Gasteiger partial charge in [0.05, 0.1) is 7.11 Å². The van der Waals surface area contributed by atoms with E-state index in [2.05, 4.69) is 21.6 Å². The predicted octanol–water partition coefficient (Wildman–Crippen LogP) is 4.26. The number of rotatable bonds is 7. The molecule has 1 aliphatic heterocycles. The van der Waals surface area contributed by atoms with Gasteiger partial charge in [-0.15, -0.1) is 10.2 Å². The smallest absolute Gasteiger partial charge is 0.227 e. The van der Waals surface area contributed by atoms with Crippen molar-refractivity contribution in [1.29, 1.82) is 0 Å². The van der Waals surface area contributed by atoms with Crippen LogP contribution in [-0.2, 0) is 16.0 Å². The summed E-state index contributed by atoms with van der Waals surface area (Å²) in [7, 11) is 1.63. The van der Waals surface area contributed by atoms with Gasteiger partial charge in [0.25, 0.3) is 0 Å². The molecule has 8 heteroatoms. The van der Waals surface area contributed by atoms with Crippen LogP contribution >= 0.6 is 11.3 Å². The second-order valence-corrected chi connectivity index (χ2v) is 9.10. The van der Waals surface area contributed by atoms with E-state index in [1.54, 1.807) is 7.11 Å². The number of hydrogen-bond acceptors (Lipinski definition) is 6. The van der Waals surface area contributed by atoms with Crippen LogP contribution in [-0.4, -0.2) is 35.7 Å². The number of nitrogens with one attached hydrogen (secondary N) is 1. The van der Waals surface area contributed by atoms with Gasteiger partial charge in [-0.3, -0.25) is 9.59 Å². The van der Waals surface area contributed by atoms with Crippen molar-refractivity contribution in [3.05, 3.63) is 64.2 Å². The van der Waals surface area contributed by atoms with Gasteiger partial charge in [0, 0.05) is 31.0 Å². The second kappa shape index (κ2) is 9.48. The molecule has 1 fully saturated rings. The standard InChI is InChI=1S/C24H26N4O3S/c1-15-10-16(2)12-19(11-15)28-14-18(13-22(28)30)23-26-27-24(32-23)25-21(29)9-6-17-4-7-20(31-3)8-5-17/h4-5,7-8,10-12,18H,6,9,13-14H2,1-3H3,(H,25,27,29)/t18-/m1/s1. The molecule has 1 N–H and O–H groups in total. The molecule has 0 radical (unpaired) electrons. The van der Waals surface area contributed by atoms with E-state index in [1.165, 1.54) is 11.3 Å². The molecule has 166 valence electrons. The highest BCUT2D eigenvalue weighted by atomic mass is 32.1. The van der Waals surface area contributed by atoms with E-state index in [0.29, 0.717) is 30.9 Å². The maximum absolute atomic E-state index is 12.6. The lowest BCUT2D eigenvalue weighted by Gasteiger charge is -2.17. The molecule has 3 aromatic rings. The van der Waals surface area contributed by atoms with E-state index in [0.717, 1.165) is 33.1 Å². The van der Waals surface area contributed by atoms with Crippen LogP contribution < -0.4 is 15.0 Å². The van der Waals surface area contributed by atoms with Gasteiger partial charge in [-0.25, -0.2) is 0 Å². The Balaban J connectivity index is 1.34. The number of nitrogens with zero attached hydrogens (tertiary/aromatic N) is 3. The van der Waals surface area contributed by atoms with Crippen molar-refractivity contribution in [1.82, 2.24) is 10.2 Å². The Bertz CT molecular complexity index is 1110. The van der Waals surface area contributed by atoms with E-state index in [9.17, 15) is 9.59 Å². The Morgan fingerprint density at radius 2 is 1.88 bits per heavy atom. The van der Waals surface area contributed by atoms with Gasteiger partial charge in [-0.2, -0.15) is 0 Å². The summed E-state index contributed by atoms with van der Waals surface area (Å²) < 4.78 is 5.15. The molecule has 2 heterocycles. The number of aryl methyl sites for hydroxylation is 3. The number of hydrogen-bond donors (Lipinski definition) is 1. The molecule has 32 heavy (non-hydrogen) atoms. The minimum Gasteiger partial charge on any atom is -0.497 e. The summed E-state index contributed by atoms with van der Waals surface area (Å²) in [4.78, 5) is 26.8. The third-order valence-electron chi connectivity index (χ3n) is 5.48. The van der Waals surface area contributed by atoms with Gasteiger partial charge in [0.1, 0.15) is 10.8 Å². The maximum atomic E-state index is 12.6. The Kier molecular flexibility index (Phi) is 6.50. The van der Waals surface area contributed by atoms with Crippen LogP contribution in [0.3, 0.4) is 0 Å². The van der Waals surface area contributed by atoms with Gasteiger partial charge in [0.15, 0.2) is 0 Å². The Labute approximate surface area is 191 Å². The number of methoxy groups -OCH3 is 1. The molecule has 2 aromatic carbocycles. The molecular weight excluding hydrogens is 424 g/mol. The summed E-state index contributed by atoms with van der Waals surface area (Å²) in [6.45, 7) is 4.63. The summed E-state index contributed by atoms with van der Waals surface area (Å²) in [6.07, 6.45) is 1.38. The number of amides is 2. The van der Waals surface area contributed by atoms with Crippen molar-refractivity contribution in [2.24, 2.45) is 0 Å². The summed E-state index contributed by atoms with van der Waals surface area (Å²) in [5.74, 6) is 0.745. The highest BCUT2D eigenvalue weighted by molar-refractivity contribution is 7.15. The Morgan fingerprint density at radius 3 is 2.56 bits per heavy atom. The minimum absolute atomic E-state index is 0.0224. The van der Waals surface area contributed by atoms with E-state index in [1.807, 2.05) is 55.1 Å². The fraction of sp³-hybridized carbons (Fsp3) is 0.333. The monoisotopic (exact) mass is 450 g/mol. The van der Waals surface area contributed by atoms with Crippen molar-refractivity contribution < 1.29 is 14.3 Å². The van der Waals surface area contributed by atoms with E-state index in [-0.39, 0.29) is 17.7 Å². The molecule has 1 aromatic heterocycles. The highest BCUT2D eigenvalue weighted by Crippen LogP contribution is 2.34. The average Bonchev–Trinajstić information content (AvgIpc) is 3.38. The van der Waals surface area contributed by atoms with Gasteiger partial charge < -0.3 is 15.0 Å². The molecule has 0 unspecified atom stereocenters. The quantitative estimate of drug-likeness (QED) is 0.582. The number of carbonyl (C=O) groups is 2. The molecule has 1 atom stereocenters. The molecule has 0 bridgehead atoms. The zero-order valence-electron chi connectivity index (χ0n) is 18.4. The molecule has 1 aliphatic rings. The molecular formula is C24H26N4O3S. The minimum atomic E-state index is -0.108. The van der Waals surface area contributed by atoms with Gasteiger partial charge in [0.2, 0.25) is 16.9 Å². The molecule has 0 spiro atoms. The van der Waals surface area contributed by atoms with Crippen molar-refractivity contribution in [3.8, 4) is 5.75 Å². The van der Waals surface area contributed by atoms with E-state index >= 15 is 0 Å². The molecule has 4 rings (SSSR count). The third-order valence-corrected chi connectivity index (χ3v) is 6.48. The SMILES string of the molecule is COc1ccc(CCC(=O)Nc2nnc([C@@H]3CC(=O)N(c4cc(C)cc(C)c4)C3)s2)cc1. The fourth-order valence-corrected chi connectivity index (χ4v) is 4.76. The van der Waals surface area contributed by atoms with Crippen molar-refractivity contribution >= 4 is 34.0 Å². The van der Waals surface area contributed by atoms with E-state index < -0.39 is 0 Å². The van der Waals surface area contributed by atoms with Crippen molar-refractivity contribution in [2.75, 3.05) is 23.9 Å². The summed E-state index contributed by atoms with van der Waals surface area (Å²) in [5, 5.41) is 12.4. The lowest BCUT2D eigenvalue weighted by atomic mass is 10.1. The highest BCUT2D eigenvalue weighted by Gasteiger charge is 2.34. The number of carbonyl (C=O) groups excluding carboxylic acids is 2. The maximum Gasteiger partial charge on any atom is 0.227 e. The third kappa shape index (κ3) is 5.13. The second-order valence-electron chi connectivity index (χ2n) is 8.09. The lowest BCUT2D eigenvalue weighted by Crippen LogP contribution is -2.24. The van der Waals surface area contributed by atoms with Crippen LogP contribution in [0.1, 0.15) is 40.5 Å². The number of anilines is 2. The molecule has 0 saturated carbocycles. The van der Waals surface area contributed by atoms with Crippen LogP contribution in [0.15, 0.2) is 42.5 Å². The predicted molar refractivity (Wildman–Crippen MR) is 125 cm³/mol. The van der Waals surface area contributed by atoms with Gasteiger partial charge in [-0.1, -0.05) is 29.5 Å². The molecule has 7 nitrogen and oxygen atoms in total. The first-order valence-corrected chi connectivity index (χ1v) is 11.4. The molecule has 0 aliphatic carbocycles. The summed E-state index contributed by atoms with van der Waals surface area (Å²) in [5.41, 5.74) is 4.25. The molecule has 2 amide bonds. The Morgan fingerprint density at radius 1 is 1.16 bits per heavy atom. The topological polar surface area (TPSA) is 84.4 Å². The number of ether oxygens (including phenoxy) is 1. The summed E-state index contributed by atoms with van der Waals surface area (Å²) >= 11 is 1.34. The average molecular weight is 451 g/mol. The number of aromatic nitrogens is 2. The first-order valence-electron chi connectivity index (χ1n) is 10.6. The lowest BCUT2D eigenvalue weighted by molar-refractivity contribution is -0.117.